The van der Waals surface area contributed by atoms with Gasteiger partial charge in [0.2, 0.25) is 5.88 Å². The molecule has 2 aromatic heterocycles. The number of thiazole rings is 1. The van der Waals surface area contributed by atoms with Crippen molar-refractivity contribution in [1.29, 1.82) is 0 Å². The summed E-state index contributed by atoms with van der Waals surface area (Å²) in [5, 5.41) is 2.84. The minimum atomic E-state index is 0.671. The van der Waals surface area contributed by atoms with Gasteiger partial charge < -0.3 is 9.72 Å². The van der Waals surface area contributed by atoms with E-state index in [-0.39, 0.29) is 0 Å². The molecule has 2 aromatic rings. The average molecular weight is 180 g/mol. The maximum atomic E-state index is 4.98. The van der Waals surface area contributed by atoms with Crippen LogP contribution in [-0.4, -0.2) is 17.1 Å². The van der Waals surface area contributed by atoms with Crippen LogP contribution in [0.25, 0.3) is 10.7 Å². The molecule has 2 heterocycles. The number of nitrogens with zero attached hydrogens (tertiary/aromatic N) is 1. The molecule has 0 saturated heterocycles. The fourth-order valence-electron chi connectivity index (χ4n) is 0.940. The molecule has 0 amide bonds. The fraction of sp³-hybridized carbons (Fsp3) is 0.125. The molecule has 0 radical (unpaired) electrons. The smallest absolute Gasteiger partial charge is 0.224 e. The highest BCUT2D eigenvalue weighted by molar-refractivity contribution is 7.13. The number of methoxy groups -OCH3 is 1. The Morgan fingerprint density at radius 3 is 3.08 bits per heavy atom. The molecule has 0 aliphatic heterocycles. The molecule has 0 atom stereocenters. The van der Waals surface area contributed by atoms with Crippen LogP contribution in [0.2, 0.25) is 0 Å². The molecule has 62 valence electrons. The number of ether oxygens (including phenoxy) is 1. The van der Waals surface area contributed by atoms with Crippen molar-refractivity contribution in [3.8, 4) is 16.6 Å². The number of aromatic nitrogens is 2. The van der Waals surface area contributed by atoms with E-state index < -0.39 is 0 Å². The highest BCUT2D eigenvalue weighted by atomic mass is 32.1. The van der Waals surface area contributed by atoms with Gasteiger partial charge in [-0.05, 0) is 12.1 Å². The Kier molecular flexibility index (Phi) is 1.83. The second-order valence-corrected chi connectivity index (χ2v) is 3.14. The summed E-state index contributed by atoms with van der Waals surface area (Å²) >= 11 is 1.56. The molecular weight excluding hydrogens is 172 g/mol. The van der Waals surface area contributed by atoms with Crippen LogP contribution in [0.15, 0.2) is 23.7 Å². The average Bonchev–Trinajstić information content (AvgIpc) is 2.75. The Balaban J connectivity index is 2.35. The van der Waals surface area contributed by atoms with Gasteiger partial charge >= 0.3 is 0 Å². The third-order valence-corrected chi connectivity index (χ3v) is 2.37. The third-order valence-electron chi connectivity index (χ3n) is 1.52. The number of aromatic amines is 1. The van der Waals surface area contributed by atoms with Crippen molar-refractivity contribution >= 4 is 11.3 Å². The number of hydrogen-bond acceptors (Lipinski definition) is 3. The normalized spacial score (nSPS) is 10.1. The molecule has 0 fully saturated rings. The largest absolute Gasteiger partial charge is 0.480 e. The fourth-order valence-corrected chi connectivity index (χ4v) is 1.70. The first-order chi connectivity index (χ1) is 5.90. The highest BCUT2D eigenvalue weighted by Crippen LogP contribution is 2.24. The maximum absolute atomic E-state index is 4.98. The van der Waals surface area contributed by atoms with Crippen LogP contribution in [-0.2, 0) is 0 Å². The maximum Gasteiger partial charge on any atom is 0.224 e. The van der Waals surface area contributed by atoms with E-state index in [0.29, 0.717) is 5.88 Å². The van der Waals surface area contributed by atoms with Gasteiger partial charge in [0.25, 0.3) is 0 Å². The summed E-state index contributed by atoms with van der Waals surface area (Å²) in [6, 6.07) is 3.93. The Hall–Kier alpha value is -1.29. The molecule has 12 heavy (non-hydrogen) atoms. The number of nitrogens with one attached hydrogen (secondary N) is 1. The highest BCUT2D eigenvalue weighted by Gasteiger charge is 2.03. The predicted octanol–water partition coefficient (Wildman–Crippen LogP) is 2.15. The Morgan fingerprint density at radius 2 is 2.50 bits per heavy atom. The van der Waals surface area contributed by atoms with E-state index in [2.05, 4.69) is 9.97 Å². The first kappa shape index (κ1) is 7.36. The summed E-state index contributed by atoms with van der Waals surface area (Å²) < 4.78 is 4.98. The molecule has 1 N–H and O–H groups in total. The van der Waals surface area contributed by atoms with Gasteiger partial charge in [0.15, 0.2) is 0 Å². The molecule has 0 aromatic carbocycles. The zero-order chi connectivity index (χ0) is 8.39. The summed E-state index contributed by atoms with van der Waals surface area (Å²) in [4.78, 5) is 7.32. The van der Waals surface area contributed by atoms with E-state index in [1.165, 1.54) is 0 Å². The van der Waals surface area contributed by atoms with Crippen LogP contribution in [0.1, 0.15) is 0 Å². The Labute approximate surface area is 74.0 Å². The molecule has 4 heteroatoms. The molecule has 3 nitrogen and oxygen atoms in total. The number of rotatable bonds is 2. The van der Waals surface area contributed by atoms with Gasteiger partial charge in [0.1, 0.15) is 5.01 Å². The van der Waals surface area contributed by atoms with Crippen molar-refractivity contribution in [3.63, 3.8) is 0 Å². The van der Waals surface area contributed by atoms with Gasteiger partial charge in [0, 0.05) is 6.20 Å². The summed E-state index contributed by atoms with van der Waals surface area (Å²) in [5.41, 5.74) is 1.03. The summed E-state index contributed by atoms with van der Waals surface area (Å²) in [7, 11) is 1.62. The molecule has 0 unspecified atom stereocenters. The minimum Gasteiger partial charge on any atom is -0.480 e. The number of H-pyrrole nitrogens is 1. The lowest BCUT2D eigenvalue weighted by Crippen LogP contribution is -1.81. The second-order valence-electron chi connectivity index (χ2n) is 2.28. The van der Waals surface area contributed by atoms with Gasteiger partial charge in [-0.15, -0.1) is 11.3 Å². The minimum absolute atomic E-state index is 0.671. The molecule has 2 rings (SSSR count). The molecule has 0 bridgehead atoms. The third kappa shape index (κ3) is 1.21. The van der Waals surface area contributed by atoms with Crippen molar-refractivity contribution in [1.82, 2.24) is 9.97 Å². The van der Waals surface area contributed by atoms with E-state index in [1.54, 1.807) is 18.4 Å². The van der Waals surface area contributed by atoms with Crippen LogP contribution in [0, 0.1) is 0 Å². The van der Waals surface area contributed by atoms with Crippen molar-refractivity contribution in [2.75, 3.05) is 7.11 Å². The number of hydrogen-bond donors (Lipinski definition) is 1. The standard InChI is InChI=1S/C8H8N2OS/c1-11-7-5-12-8(10-7)6-3-2-4-9-6/h2-5,9H,1H3. The second kappa shape index (κ2) is 2.98. The monoisotopic (exact) mass is 180 g/mol. The summed E-state index contributed by atoms with van der Waals surface area (Å²) in [5.74, 6) is 0.671. The van der Waals surface area contributed by atoms with Gasteiger partial charge in [-0.1, -0.05) is 0 Å². The summed E-state index contributed by atoms with van der Waals surface area (Å²) in [6.07, 6.45) is 1.88. The van der Waals surface area contributed by atoms with Crippen LogP contribution in [0.4, 0.5) is 0 Å². The van der Waals surface area contributed by atoms with Crippen LogP contribution in [0.5, 0.6) is 5.88 Å². The van der Waals surface area contributed by atoms with Gasteiger partial charge in [-0.2, -0.15) is 0 Å². The van der Waals surface area contributed by atoms with Crippen LogP contribution >= 0.6 is 11.3 Å². The van der Waals surface area contributed by atoms with Crippen LogP contribution in [0.3, 0.4) is 0 Å². The molecule has 0 spiro atoms. The van der Waals surface area contributed by atoms with Gasteiger partial charge in [0.05, 0.1) is 18.2 Å². The molecule has 0 aliphatic carbocycles. The topological polar surface area (TPSA) is 37.9 Å². The molecule has 0 aliphatic rings. The first-order valence-electron chi connectivity index (χ1n) is 3.53. The first-order valence-corrected chi connectivity index (χ1v) is 4.41. The lowest BCUT2D eigenvalue weighted by atomic mass is 10.5. The van der Waals surface area contributed by atoms with E-state index in [4.69, 9.17) is 4.74 Å². The van der Waals surface area contributed by atoms with E-state index in [0.717, 1.165) is 10.7 Å². The lowest BCUT2D eigenvalue weighted by Gasteiger charge is -1.89. The van der Waals surface area contributed by atoms with E-state index >= 15 is 0 Å². The van der Waals surface area contributed by atoms with E-state index in [9.17, 15) is 0 Å². The zero-order valence-electron chi connectivity index (χ0n) is 6.57. The summed E-state index contributed by atoms with van der Waals surface area (Å²) in [6.45, 7) is 0. The van der Waals surface area contributed by atoms with Gasteiger partial charge in [-0.25, -0.2) is 4.98 Å². The molecule has 0 saturated carbocycles. The zero-order valence-corrected chi connectivity index (χ0v) is 7.39. The van der Waals surface area contributed by atoms with Crippen molar-refractivity contribution in [2.45, 2.75) is 0 Å². The quantitative estimate of drug-likeness (QED) is 0.768. The van der Waals surface area contributed by atoms with E-state index in [1.807, 2.05) is 23.7 Å². The lowest BCUT2D eigenvalue weighted by molar-refractivity contribution is 0.401. The SMILES string of the molecule is COc1csc(-c2ccc[nH]2)n1. The predicted molar refractivity (Wildman–Crippen MR) is 48.5 cm³/mol. The van der Waals surface area contributed by atoms with Gasteiger partial charge in [-0.3, -0.25) is 0 Å². The Bertz CT molecular complexity index is 353. The van der Waals surface area contributed by atoms with Crippen molar-refractivity contribution in [3.05, 3.63) is 23.7 Å². The van der Waals surface area contributed by atoms with Crippen LogP contribution < -0.4 is 4.74 Å². The van der Waals surface area contributed by atoms with Crippen molar-refractivity contribution < 1.29 is 4.74 Å². The van der Waals surface area contributed by atoms with Crippen molar-refractivity contribution in [2.24, 2.45) is 0 Å². The molecular formula is C8H8N2OS. The Morgan fingerprint density at radius 1 is 1.58 bits per heavy atom.